The topological polar surface area (TPSA) is 75.6 Å². The quantitative estimate of drug-likeness (QED) is 0.829. The summed E-state index contributed by atoms with van der Waals surface area (Å²) >= 11 is -2.08. The highest BCUT2D eigenvalue weighted by Gasteiger charge is 2.27. The van der Waals surface area contributed by atoms with E-state index in [1.165, 1.54) is 11.6 Å². The van der Waals surface area contributed by atoms with E-state index in [4.69, 9.17) is 9.29 Å². The summed E-state index contributed by atoms with van der Waals surface area (Å²) in [5.41, 5.74) is 3.42. The van der Waals surface area contributed by atoms with Crippen molar-refractivity contribution in [2.75, 3.05) is 11.9 Å². The Bertz CT molecular complexity index is 833. The number of rotatable bonds is 2. The molecular formula is C17H15NO4S. The SMILES string of the molecule is O=C1CC(c2ccc3c(c2)CCO3)Nc2ccc(S(=O)O)cc21. The maximum absolute atomic E-state index is 12.4. The van der Waals surface area contributed by atoms with E-state index in [0.29, 0.717) is 24.3 Å². The minimum atomic E-state index is -2.08. The number of hydrogen-bond acceptors (Lipinski definition) is 4. The molecule has 0 fully saturated rings. The number of nitrogens with one attached hydrogen (secondary N) is 1. The number of ketones is 1. The molecule has 0 bridgehead atoms. The maximum atomic E-state index is 12.4. The molecule has 2 N–H and O–H groups in total. The van der Waals surface area contributed by atoms with E-state index in [2.05, 4.69) is 11.4 Å². The number of ether oxygens (including phenoxy) is 1. The largest absolute Gasteiger partial charge is 0.493 e. The maximum Gasteiger partial charge on any atom is 0.186 e. The van der Waals surface area contributed by atoms with Gasteiger partial charge in [-0.15, -0.1) is 0 Å². The van der Waals surface area contributed by atoms with Gasteiger partial charge in [-0.25, -0.2) is 4.21 Å². The average molecular weight is 329 g/mol. The van der Waals surface area contributed by atoms with Gasteiger partial charge in [-0.1, -0.05) is 6.07 Å². The Labute approximate surface area is 136 Å². The summed E-state index contributed by atoms with van der Waals surface area (Å²) in [5, 5.41) is 3.36. The van der Waals surface area contributed by atoms with Crippen LogP contribution in [0.2, 0.25) is 0 Å². The summed E-state index contributed by atoms with van der Waals surface area (Å²) in [6.45, 7) is 0.708. The Hall–Kier alpha value is -2.18. The zero-order valence-electron chi connectivity index (χ0n) is 12.2. The van der Waals surface area contributed by atoms with Gasteiger partial charge in [0.2, 0.25) is 0 Å². The van der Waals surface area contributed by atoms with Crippen molar-refractivity contribution in [2.24, 2.45) is 0 Å². The molecule has 5 nitrogen and oxygen atoms in total. The molecule has 4 rings (SSSR count). The van der Waals surface area contributed by atoms with Gasteiger partial charge in [-0.2, -0.15) is 0 Å². The zero-order chi connectivity index (χ0) is 16.0. The predicted octanol–water partition coefficient (Wildman–Crippen LogP) is 2.94. The summed E-state index contributed by atoms with van der Waals surface area (Å²) in [7, 11) is 0. The lowest BCUT2D eigenvalue weighted by atomic mass is 9.91. The van der Waals surface area contributed by atoms with E-state index in [-0.39, 0.29) is 16.7 Å². The molecule has 0 amide bonds. The first-order valence-corrected chi connectivity index (χ1v) is 8.53. The molecule has 2 heterocycles. The van der Waals surface area contributed by atoms with Crippen LogP contribution in [0, 0.1) is 0 Å². The molecule has 0 aromatic heterocycles. The van der Waals surface area contributed by atoms with E-state index in [0.717, 1.165) is 17.7 Å². The molecule has 2 unspecified atom stereocenters. The second-order valence-corrected chi connectivity index (χ2v) is 6.72. The molecule has 0 radical (unpaired) electrons. The van der Waals surface area contributed by atoms with Crippen molar-refractivity contribution in [1.82, 2.24) is 0 Å². The first kappa shape index (κ1) is 14.4. The highest BCUT2D eigenvalue weighted by atomic mass is 32.2. The molecule has 2 aliphatic rings. The van der Waals surface area contributed by atoms with Crippen LogP contribution >= 0.6 is 0 Å². The van der Waals surface area contributed by atoms with Crippen LogP contribution in [0.5, 0.6) is 5.75 Å². The highest BCUT2D eigenvalue weighted by molar-refractivity contribution is 7.79. The summed E-state index contributed by atoms with van der Waals surface area (Å²) in [6, 6.07) is 10.7. The lowest BCUT2D eigenvalue weighted by Gasteiger charge is -2.27. The van der Waals surface area contributed by atoms with Gasteiger partial charge in [-0.05, 0) is 41.5 Å². The minimum Gasteiger partial charge on any atom is -0.493 e. The van der Waals surface area contributed by atoms with E-state index in [1.54, 1.807) is 12.1 Å². The molecule has 6 heteroatoms. The van der Waals surface area contributed by atoms with Gasteiger partial charge in [0.25, 0.3) is 0 Å². The molecule has 2 atom stereocenters. The first-order chi connectivity index (χ1) is 11.1. The van der Waals surface area contributed by atoms with Gasteiger partial charge >= 0.3 is 0 Å². The van der Waals surface area contributed by atoms with Crippen molar-refractivity contribution in [2.45, 2.75) is 23.8 Å². The van der Waals surface area contributed by atoms with Crippen LogP contribution in [0.4, 0.5) is 5.69 Å². The molecule has 0 aliphatic carbocycles. The Morgan fingerprint density at radius 2 is 2.09 bits per heavy atom. The molecule has 2 aliphatic heterocycles. The third-order valence-corrected chi connectivity index (χ3v) is 4.99. The van der Waals surface area contributed by atoms with Gasteiger partial charge in [0.1, 0.15) is 5.75 Å². The molecule has 0 spiro atoms. The van der Waals surface area contributed by atoms with Gasteiger partial charge in [0.15, 0.2) is 16.9 Å². The molecular weight excluding hydrogens is 314 g/mol. The predicted molar refractivity (Wildman–Crippen MR) is 86.4 cm³/mol. The molecule has 0 saturated carbocycles. The van der Waals surface area contributed by atoms with Crippen molar-refractivity contribution in [3.63, 3.8) is 0 Å². The average Bonchev–Trinajstić information content (AvgIpc) is 3.01. The number of hydrogen-bond donors (Lipinski definition) is 2. The van der Waals surface area contributed by atoms with E-state index in [1.807, 2.05) is 12.1 Å². The molecule has 23 heavy (non-hydrogen) atoms. The standard InChI is InChI=1S/C17H15NO4S/c19-16-9-15(10-1-4-17-11(7-10)5-6-22-17)18-14-3-2-12(23(20)21)8-13(14)16/h1-4,7-8,15,18H,5-6,9H2,(H,20,21). The summed E-state index contributed by atoms with van der Waals surface area (Å²) in [5.74, 6) is 0.902. The second kappa shape index (κ2) is 5.47. The van der Waals surface area contributed by atoms with Crippen LogP contribution in [0.1, 0.15) is 33.9 Å². The fraction of sp³-hybridized carbons (Fsp3) is 0.235. The number of benzene rings is 2. The lowest BCUT2D eigenvalue weighted by molar-refractivity contribution is 0.0972. The first-order valence-electron chi connectivity index (χ1n) is 7.42. The lowest BCUT2D eigenvalue weighted by Crippen LogP contribution is -2.23. The molecule has 118 valence electrons. The van der Waals surface area contributed by atoms with Crippen LogP contribution in [0.25, 0.3) is 0 Å². The fourth-order valence-corrected chi connectivity index (χ4v) is 3.55. The Kier molecular flexibility index (Phi) is 3.43. The minimum absolute atomic E-state index is 0.0206. The Morgan fingerprint density at radius 1 is 1.22 bits per heavy atom. The van der Waals surface area contributed by atoms with Gasteiger partial charge in [-0.3, -0.25) is 4.79 Å². The normalized spacial score (nSPS) is 20.2. The Balaban J connectivity index is 1.67. The van der Waals surface area contributed by atoms with Crippen molar-refractivity contribution in [3.8, 4) is 5.75 Å². The summed E-state index contributed by atoms with van der Waals surface area (Å²) in [6.07, 6.45) is 1.22. The summed E-state index contributed by atoms with van der Waals surface area (Å²) < 4.78 is 25.8. The van der Waals surface area contributed by atoms with Crippen LogP contribution in [-0.2, 0) is 17.5 Å². The third-order valence-electron chi connectivity index (χ3n) is 4.33. The Morgan fingerprint density at radius 3 is 2.91 bits per heavy atom. The smallest absolute Gasteiger partial charge is 0.186 e. The van der Waals surface area contributed by atoms with Crippen molar-refractivity contribution in [1.29, 1.82) is 0 Å². The zero-order valence-corrected chi connectivity index (χ0v) is 13.1. The van der Waals surface area contributed by atoms with E-state index >= 15 is 0 Å². The molecule has 0 saturated heterocycles. The number of carbonyl (C=O) groups is 1. The molecule has 2 aromatic carbocycles. The van der Waals surface area contributed by atoms with Crippen molar-refractivity contribution in [3.05, 3.63) is 53.1 Å². The van der Waals surface area contributed by atoms with Crippen molar-refractivity contribution < 1.29 is 18.3 Å². The van der Waals surface area contributed by atoms with Crippen LogP contribution in [-0.4, -0.2) is 21.2 Å². The monoisotopic (exact) mass is 329 g/mol. The second-order valence-electron chi connectivity index (χ2n) is 5.75. The van der Waals surface area contributed by atoms with E-state index < -0.39 is 11.1 Å². The number of carbonyl (C=O) groups excluding carboxylic acids is 1. The van der Waals surface area contributed by atoms with Crippen LogP contribution in [0.15, 0.2) is 41.3 Å². The van der Waals surface area contributed by atoms with Crippen LogP contribution < -0.4 is 10.1 Å². The van der Waals surface area contributed by atoms with E-state index in [9.17, 15) is 9.00 Å². The van der Waals surface area contributed by atoms with Gasteiger partial charge in [0, 0.05) is 24.1 Å². The number of fused-ring (bicyclic) bond motifs is 2. The highest BCUT2D eigenvalue weighted by Crippen LogP contribution is 2.36. The third kappa shape index (κ3) is 2.54. The number of anilines is 1. The van der Waals surface area contributed by atoms with Gasteiger partial charge < -0.3 is 14.6 Å². The fourth-order valence-electron chi connectivity index (χ4n) is 3.15. The van der Waals surface area contributed by atoms with Crippen molar-refractivity contribution >= 4 is 22.6 Å². The van der Waals surface area contributed by atoms with Crippen LogP contribution in [0.3, 0.4) is 0 Å². The summed E-state index contributed by atoms with van der Waals surface area (Å²) in [4.78, 5) is 12.7. The number of Topliss-reactive ketones (excluding diaryl/α,β-unsaturated/α-hetero) is 1. The molecule has 2 aromatic rings. The van der Waals surface area contributed by atoms with Gasteiger partial charge in [0.05, 0.1) is 17.5 Å².